The molecule has 0 unspecified atom stereocenters. The molecule has 0 saturated heterocycles. The number of carbonyl (C=O) groups excluding carboxylic acids is 1. The first-order valence-electron chi connectivity index (χ1n) is 15.1. The van der Waals surface area contributed by atoms with Gasteiger partial charge in [0.1, 0.15) is 31.3 Å². The number of oxime groups is 1. The van der Waals surface area contributed by atoms with E-state index in [2.05, 4.69) is 17.8 Å². The Bertz CT molecular complexity index is 1180. The first kappa shape index (κ1) is 33.1. The lowest BCUT2D eigenvalue weighted by atomic mass is 9.55. The summed E-state index contributed by atoms with van der Waals surface area (Å²) in [5, 5.41) is 34.3. The topological polar surface area (TPSA) is 130 Å². The van der Waals surface area contributed by atoms with Gasteiger partial charge in [0, 0.05) is 38.2 Å². The smallest absolute Gasteiger partial charge is 0.410 e. The lowest BCUT2D eigenvalue weighted by Gasteiger charge is -2.59. The number of aromatic hydroxyl groups is 1. The molecule has 1 heterocycles. The summed E-state index contributed by atoms with van der Waals surface area (Å²) in [5.41, 5.74) is 2.47. The number of hydrogen-bond acceptors (Lipinski definition) is 9. The Morgan fingerprint density at radius 3 is 2.65 bits per heavy atom. The summed E-state index contributed by atoms with van der Waals surface area (Å²) < 4.78 is 19.0. The maximum absolute atomic E-state index is 13.3. The number of aliphatic hydroxyl groups is 2. The van der Waals surface area contributed by atoms with E-state index in [1.807, 2.05) is 0 Å². The zero-order chi connectivity index (χ0) is 31.0. The molecule has 0 radical (unpaired) electrons. The van der Waals surface area contributed by atoms with Crippen LogP contribution in [0, 0.1) is 17.8 Å². The van der Waals surface area contributed by atoms with Gasteiger partial charge >= 0.3 is 6.09 Å². The number of unbranched alkanes of at least 4 members (excludes halogenated alkanes) is 2. The molecule has 1 saturated carbocycles. The summed E-state index contributed by atoms with van der Waals surface area (Å²) in [5.74, 6) is -0.878. The number of amides is 1. The van der Waals surface area contributed by atoms with E-state index in [1.165, 1.54) is 12.0 Å². The lowest BCUT2D eigenvalue weighted by molar-refractivity contribution is -0.253. The molecule has 0 bridgehead atoms. The number of fused-ring (bicyclic) bond motifs is 2. The van der Waals surface area contributed by atoms with Crippen LogP contribution in [0.1, 0.15) is 56.4 Å². The second kappa shape index (κ2) is 15.3. The number of rotatable bonds is 15. The van der Waals surface area contributed by atoms with Gasteiger partial charge in [-0.05, 0) is 61.3 Å². The molecule has 3 aliphatic rings. The van der Waals surface area contributed by atoms with Crippen molar-refractivity contribution in [3.63, 3.8) is 0 Å². The van der Waals surface area contributed by atoms with Crippen LogP contribution in [0.3, 0.4) is 0 Å². The number of hydrogen-bond donors (Lipinski definition) is 3. The van der Waals surface area contributed by atoms with Crippen molar-refractivity contribution in [3.05, 3.63) is 48.1 Å². The Balaban J connectivity index is 1.96. The van der Waals surface area contributed by atoms with Gasteiger partial charge in [-0.3, -0.25) is 0 Å². The highest BCUT2D eigenvalue weighted by molar-refractivity contribution is 6.18. The van der Waals surface area contributed by atoms with Crippen molar-refractivity contribution in [2.24, 2.45) is 22.9 Å². The Labute approximate surface area is 258 Å². The number of phenolic OH excluding ortho intramolecular Hbond substituents is 1. The molecule has 3 N–H and O–H groups in total. The number of alkyl halides is 1. The number of ether oxygens (including phenoxy) is 3. The molecule has 43 heavy (non-hydrogen) atoms. The first-order chi connectivity index (χ1) is 20.9. The Morgan fingerprint density at radius 1 is 1.23 bits per heavy atom. The third kappa shape index (κ3) is 6.82. The fourth-order valence-corrected chi connectivity index (χ4v) is 7.28. The molecule has 0 aromatic heterocycles. The van der Waals surface area contributed by atoms with E-state index in [0.29, 0.717) is 24.3 Å². The van der Waals surface area contributed by atoms with E-state index in [0.717, 1.165) is 36.8 Å². The van der Waals surface area contributed by atoms with Crippen LogP contribution in [0.5, 0.6) is 11.5 Å². The average molecular weight is 621 g/mol. The summed E-state index contributed by atoms with van der Waals surface area (Å²) in [6.45, 7) is 4.32. The molecule has 1 fully saturated rings. The standard InChI is InChI=1S/C32H45ClN2O8/c1-4-16-42-32-28(35(2)31(39)41-17-13-33)20-26(34-40-3)24-18-21(9-5-7-14-36)23(10-6-8-15-37)29(30(24)32)25-19-22(38)11-12-27(25)43-32/h4,11-12,18-19,21,23,28-30,36-38H,1,5-10,13-17,20H2,2-3H3/t21-,23+,28-,29+,30+,32+/m0/s1. The number of halogens is 1. The molecule has 6 atom stereocenters. The predicted molar refractivity (Wildman–Crippen MR) is 163 cm³/mol. The van der Waals surface area contributed by atoms with Crippen molar-refractivity contribution in [1.29, 1.82) is 0 Å². The van der Waals surface area contributed by atoms with Gasteiger partial charge in [0.05, 0.1) is 24.1 Å². The number of nitrogens with zero attached hydrogens (tertiary/aromatic N) is 2. The summed E-state index contributed by atoms with van der Waals surface area (Å²) in [4.78, 5) is 20.1. The predicted octanol–water partition coefficient (Wildman–Crippen LogP) is 4.96. The molecule has 1 amide bonds. The van der Waals surface area contributed by atoms with Gasteiger partial charge in [-0.2, -0.15) is 0 Å². The molecule has 238 valence electrons. The number of benzene rings is 1. The van der Waals surface area contributed by atoms with Gasteiger partial charge in [-0.1, -0.05) is 30.1 Å². The van der Waals surface area contributed by atoms with Crippen molar-refractivity contribution in [3.8, 4) is 11.5 Å². The summed E-state index contributed by atoms with van der Waals surface area (Å²) in [6.07, 6.45) is 8.31. The quantitative estimate of drug-likeness (QED) is 0.109. The van der Waals surface area contributed by atoms with Crippen LogP contribution in [0.25, 0.3) is 0 Å². The monoisotopic (exact) mass is 620 g/mol. The molecule has 11 heteroatoms. The number of carbonyl (C=O) groups is 1. The fraction of sp³-hybridized carbons (Fsp3) is 0.625. The van der Waals surface area contributed by atoms with Gasteiger partial charge < -0.3 is 39.3 Å². The van der Waals surface area contributed by atoms with Crippen molar-refractivity contribution >= 4 is 23.4 Å². The van der Waals surface area contributed by atoms with Crippen LogP contribution in [-0.4, -0.2) is 90.3 Å². The number of allylic oxidation sites excluding steroid dienone is 1. The molecular formula is C32H45ClN2O8. The van der Waals surface area contributed by atoms with Crippen LogP contribution in [0.4, 0.5) is 4.79 Å². The maximum atomic E-state index is 13.3. The van der Waals surface area contributed by atoms with E-state index >= 15 is 0 Å². The van der Waals surface area contributed by atoms with Crippen LogP contribution in [-0.2, 0) is 14.3 Å². The van der Waals surface area contributed by atoms with E-state index in [4.69, 9.17) is 30.6 Å². The van der Waals surface area contributed by atoms with Crippen molar-refractivity contribution in [2.75, 3.05) is 46.5 Å². The normalized spacial score (nSPS) is 28.3. The highest BCUT2D eigenvalue weighted by Gasteiger charge is 2.65. The van der Waals surface area contributed by atoms with E-state index < -0.39 is 23.8 Å². The second-order valence-electron chi connectivity index (χ2n) is 11.4. The zero-order valence-corrected chi connectivity index (χ0v) is 25.9. The molecule has 10 nitrogen and oxygen atoms in total. The summed E-state index contributed by atoms with van der Waals surface area (Å²) >= 11 is 5.82. The largest absolute Gasteiger partial charge is 0.508 e. The molecular weight excluding hydrogens is 576 g/mol. The van der Waals surface area contributed by atoms with Gasteiger partial charge in [-0.15, -0.1) is 18.2 Å². The molecule has 1 aromatic carbocycles. The summed E-state index contributed by atoms with van der Waals surface area (Å²) in [6, 6.07) is 4.44. The Morgan fingerprint density at radius 2 is 1.98 bits per heavy atom. The van der Waals surface area contributed by atoms with Crippen LogP contribution in [0.15, 0.2) is 47.7 Å². The lowest BCUT2D eigenvalue weighted by Crippen LogP contribution is -2.69. The van der Waals surface area contributed by atoms with Crippen molar-refractivity contribution < 1.29 is 39.2 Å². The average Bonchev–Trinajstić information content (AvgIpc) is 3.01. The van der Waals surface area contributed by atoms with E-state index in [1.54, 1.807) is 31.3 Å². The van der Waals surface area contributed by atoms with Crippen molar-refractivity contribution in [2.45, 2.75) is 62.7 Å². The molecule has 1 aliphatic heterocycles. The van der Waals surface area contributed by atoms with E-state index in [-0.39, 0.29) is 62.2 Å². The Kier molecular flexibility index (Phi) is 11.8. The van der Waals surface area contributed by atoms with Crippen molar-refractivity contribution in [1.82, 2.24) is 4.90 Å². The second-order valence-corrected chi connectivity index (χ2v) is 11.8. The number of phenols is 1. The van der Waals surface area contributed by atoms with Gasteiger partial charge in [0.15, 0.2) is 0 Å². The minimum atomic E-state index is -1.35. The highest BCUT2D eigenvalue weighted by Crippen LogP contribution is 2.61. The number of aliphatic hydroxyl groups excluding tert-OH is 2. The Hall–Kier alpha value is -2.79. The maximum Gasteiger partial charge on any atom is 0.410 e. The zero-order valence-electron chi connectivity index (χ0n) is 25.1. The number of likely N-dealkylation sites (N-methyl/N-ethyl adjacent to an activating group) is 1. The third-order valence-electron chi connectivity index (χ3n) is 8.92. The highest BCUT2D eigenvalue weighted by atomic mass is 35.5. The summed E-state index contributed by atoms with van der Waals surface area (Å²) in [7, 11) is 3.15. The minimum absolute atomic E-state index is 0.0552. The molecule has 0 spiro atoms. The van der Waals surface area contributed by atoms with E-state index in [9.17, 15) is 20.1 Å². The first-order valence-corrected chi connectivity index (χ1v) is 15.7. The van der Waals surface area contributed by atoms with Gasteiger partial charge in [0.25, 0.3) is 0 Å². The molecule has 1 aromatic rings. The molecule has 4 rings (SSSR count). The fourth-order valence-electron chi connectivity index (χ4n) is 7.20. The third-order valence-corrected chi connectivity index (χ3v) is 9.07. The van der Waals surface area contributed by atoms with Crippen LogP contribution >= 0.6 is 11.6 Å². The van der Waals surface area contributed by atoms with Crippen LogP contribution in [0.2, 0.25) is 0 Å². The van der Waals surface area contributed by atoms with Crippen LogP contribution < -0.4 is 4.74 Å². The molecule has 2 aliphatic carbocycles. The minimum Gasteiger partial charge on any atom is -0.508 e. The van der Waals surface area contributed by atoms with Gasteiger partial charge in [-0.25, -0.2) is 4.79 Å². The SMILES string of the molecule is C=CCO[C@@]12Oc3ccc(O)cc3[C@H]3[C@H](CCCCO)[C@@H](CCCCO)C=C(C(=NOC)C[C@@H]1N(C)C(=O)OCCCl)[C@H]32. The van der Waals surface area contributed by atoms with Gasteiger partial charge in [0.2, 0.25) is 5.79 Å².